The Morgan fingerprint density at radius 2 is 2.23 bits per heavy atom. The summed E-state index contributed by atoms with van der Waals surface area (Å²) in [4.78, 5) is 10.6. The number of hydrogen-bond donors (Lipinski definition) is 0. The van der Waals surface area contributed by atoms with Gasteiger partial charge in [0, 0.05) is 0 Å². The van der Waals surface area contributed by atoms with Crippen molar-refractivity contribution < 1.29 is 9.53 Å². The van der Waals surface area contributed by atoms with Crippen molar-refractivity contribution in [3.8, 4) is 11.8 Å². The minimum absolute atomic E-state index is 0.416. The quantitative estimate of drug-likeness (QED) is 0.642. The Bertz CT molecular complexity index is 377. The number of aldehydes is 1. The second-order valence-corrected chi connectivity index (χ2v) is 2.65. The van der Waals surface area contributed by atoms with Gasteiger partial charge in [0.1, 0.15) is 5.75 Å². The van der Waals surface area contributed by atoms with Crippen LogP contribution in [0.3, 0.4) is 0 Å². The molecule has 0 bridgehead atoms. The van der Waals surface area contributed by atoms with Gasteiger partial charge < -0.3 is 4.74 Å². The lowest BCUT2D eigenvalue weighted by atomic mass is 10.1. The van der Waals surface area contributed by atoms with Crippen LogP contribution in [0.5, 0.6) is 5.75 Å². The number of carbonyl (C=O) groups excluding carboxylic acids is 1. The van der Waals surface area contributed by atoms with Crippen LogP contribution >= 0.6 is 0 Å². The minimum Gasteiger partial charge on any atom is -0.496 e. The van der Waals surface area contributed by atoms with E-state index in [2.05, 4.69) is 0 Å². The molecule has 1 rings (SSSR count). The van der Waals surface area contributed by atoms with Crippen LogP contribution in [-0.4, -0.2) is 13.4 Å². The monoisotopic (exact) mass is 175 g/mol. The molecule has 0 saturated carbocycles. The van der Waals surface area contributed by atoms with Crippen LogP contribution in [0.4, 0.5) is 0 Å². The van der Waals surface area contributed by atoms with E-state index in [9.17, 15) is 4.79 Å². The zero-order valence-electron chi connectivity index (χ0n) is 7.50. The second-order valence-electron chi connectivity index (χ2n) is 2.65. The van der Waals surface area contributed by atoms with E-state index in [1.54, 1.807) is 13.0 Å². The molecular weight excluding hydrogens is 166 g/mol. The Kier molecular flexibility index (Phi) is 2.65. The molecule has 3 nitrogen and oxygen atoms in total. The van der Waals surface area contributed by atoms with Crippen molar-refractivity contribution in [1.29, 1.82) is 5.26 Å². The topological polar surface area (TPSA) is 50.1 Å². The minimum atomic E-state index is 0.416. The van der Waals surface area contributed by atoms with Gasteiger partial charge in [0.15, 0.2) is 6.29 Å². The van der Waals surface area contributed by atoms with Gasteiger partial charge in [-0.05, 0) is 24.6 Å². The first-order chi connectivity index (χ1) is 6.22. The first-order valence-corrected chi connectivity index (χ1v) is 3.77. The summed E-state index contributed by atoms with van der Waals surface area (Å²) in [7, 11) is 1.50. The second kappa shape index (κ2) is 3.72. The summed E-state index contributed by atoms with van der Waals surface area (Å²) >= 11 is 0. The van der Waals surface area contributed by atoms with Crippen molar-refractivity contribution in [1.82, 2.24) is 0 Å². The number of carbonyl (C=O) groups is 1. The van der Waals surface area contributed by atoms with E-state index < -0.39 is 0 Å². The van der Waals surface area contributed by atoms with Gasteiger partial charge in [-0.3, -0.25) is 4.79 Å². The molecule has 0 aliphatic carbocycles. The van der Waals surface area contributed by atoms with Gasteiger partial charge in [-0.1, -0.05) is 0 Å². The Labute approximate surface area is 76.6 Å². The van der Waals surface area contributed by atoms with Crippen LogP contribution in [0, 0.1) is 18.3 Å². The van der Waals surface area contributed by atoms with Crippen molar-refractivity contribution in [2.45, 2.75) is 6.92 Å². The smallest absolute Gasteiger partial charge is 0.153 e. The number of methoxy groups -OCH3 is 1. The molecule has 0 unspecified atom stereocenters. The lowest BCUT2D eigenvalue weighted by molar-refractivity contribution is 0.112. The third-order valence-corrected chi connectivity index (χ3v) is 1.76. The van der Waals surface area contributed by atoms with E-state index in [1.807, 2.05) is 6.07 Å². The molecule has 0 aromatic heterocycles. The molecule has 0 radical (unpaired) electrons. The highest BCUT2D eigenvalue weighted by Crippen LogP contribution is 2.23. The maximum absolute atomic E-state index is 10.6. The third kappa shape index (κ3) is 1.67. The molecule has 13 heavy (non-hydrogen) atoms. The molecule has 0 fully saturated rings. The van der Waals surface area contributed by atoms with Gasteiger partial charge in [-0.15, -0.1) is 0 Å². The molecule has 0 aliphatic rings. The van der Waals surface area contributed by atoms with Crippen molar-refractivity contribution in [2.75, 3.05) is 7.11 Å². The molecule has 1 aromatic carbocycles. The summed E-state index contributed by atoms with van der Waals surface area (Å²) in [5.41, 5.74) is 1.68. The normalized spacial score (nSPS) is 9.00. The summed E-state index contributed by atoms with van der Waals surface area (Å²) < 4.78 is 5.03. The Morgan fingerprint density at radius 3 is 2.69 bits per heavy atom. The molecule has 0 amide bonds. The largest absolute Gasteiger partial charge is 0.496 e. The van der Waals surface area contributed by atoms with Gasteiger partial charge in [0.2, 0.25) is 0 Å². The van der Waals surface area contributed by atoms with Crippen LogP contribution in [0.1, 0.15) is 21.5 Å². The fourth-order valence-electron chi connectivity index (χ4n) is 1.23. The first-order valence-electron chi connectivity index (χ1n) is 3.77. The van der Waals surface area contributed by atoms with Crippen molar-refractivity contribution >= 4 is 6.29 Å². The molecule has 0 atom stereocenters. The van der Waals surface area contributed by atoms with E-state index in [4.69, 9.17) is 10.00 Å². The Morgan fingerprint density at radius 1 is 1.54 bits per heavy atom. The highest BCUT2D eigenvalue weighted by molar-refractivity contribution is 5.81. The van der Waals surface area contributed by atoms with Crippen LogP contribution in [-0.2, 0) is 0 Å². The summed E-state index contributed by atoms with van der Waals surface area (Å²) in [5.74, 6) is 0.536. The first kappa shape index (κ1) is 9.27. The van der Waals surface area contributed by atoms with Crippen LogP contribution in [0.15, 0.2) is 12.1 Å². The number of nitrogens with zero attached hydrogens (tertiary/aromatic N) is 1. The summed E-state index contributed by atoms with van der Waals surface area (Å²) in [5, 5.41) is 8.64. The fraction of sp³-hybridized carbons (Fsp3) is 0.200. The molecular formula is C10H9NO2. The third-order valence-electron chi connectivity index (χ3n) is 1.76. The average Bonchev–Trinajstić information content (AvgIpc) is 2.16. The number of aryl methyl sites for hydroxylation is 1. The predicted molar refractivity (Wildman–Crippen MR) is 47.8 cm³/mol. The molecule has 0 saturated heterocycles. The highest BCUT2D eigenvalue weighted by atomic mass is 16.5. The molecule has 0 heterocycles. The van der Waals surface area contributed by atoms with Gasteiger partial charge in [0.25, 0.3) is 0 Å². The van der Waals surface area contributed by atoms with Crippen molar-refractivity contribution in [2.24, 2.45) is 0 Å². The lowest BCUT2D eigenvalue weighted by Crippen LogP contribution is -1.94. The zero-order chi connectivity index (χ0) is 9.84. The molecule has 66 valence electrons. The van der Waals surface area contributed by atoms with Crippen LogP contribution in [0.2, 0.25) is 0 Å². The van der Waals surface area contributed by atoms with E-state index in [-0.39, 0.29) is 0 Å². The van der Waals surface area contributed by atoms with E-state index in [0.717, 1.165) is 5.56 Å². The van der Waals surface area contributed by atoms with E-state index >= 15 is 0 Å². The van der Waals surface area contributed by atoms with Gasteiger partial charge in [-0.2, -0.15) is 5.26 Å². The SMILES string of the molecule is COc1c(C)cc(C#N)cc1C=O. The van der Waals surface area contributed by atoms with Crippen molar-refractivity contribution in [3.63, 3.8) is 0 Å². The number of rotatable bonds is 2. The van der Waals surface area contributed by atoms with E-state index in [1.165, 1.54) is 13.2 Å². The average molecular weight is 175 g/mol. The van der Waals surface area contributed by atoms with Crippen molar-refractivity contribution in [3.05, 3.63) is 28.8 Å². The predicted octanol–water partition coefficient (Wildman–Crippen LogP) is 1.69. The number of nitriles is 1. The summed E-state index contributed by atoms with van der Waals surface area (Å²) in [6.07, 6.45) is 0.687. The Hall–Kier alpha value is -1.82. The standard InChI is InChI=1S/C10H9NO2/c1-7-3-8(5-11)4-9(6-12)10(7)13-2/h3-4,6H,1-2H3. The number of ether oxygens (including phenoxy) is 1. The van der Waals surface area contributed by atoms with Gasteiger partial charge in [0.05, 0.1) is 24.3 Å². The van der Waals surface area contributed by atoms with Gasteiger partial charge in [-0.25, -0.2) is 0 Å². The Balaban J connectivity index is 3.39. The molecule has 0 aliphatic heterocycles. The maximum Gasteiger partial charge on any atom is 0.153 e. The highest BCUT2D eigenvalue weighted by Gasteiger charge is 2.07. The molecule has 0 spiro atoms. The van der Waals surface area contributed by atoms with E-state index in [0.29, 0.717) is 23.2 Å². The molecule has 0 N–H and O–H groups in total. The van der Waals surface area contributed by atoms with Crippen LogP contribution in [0.25, 0.3) is 0 Å². The fourth-order valence-corrected chi connectivity index (χ4v) is 1.23. The molecule has 3 heteroatoms. The maximum atomic E-state index is 10.6. The number of benzene rings is 1. The molecule has 1 aromatic rings. The zero-order valence-corrected chi connectivity index (χ0v) is 7.50. The summed E-state index contributed by atoms with van der Waals surface area (Å²) in [6, 6.07) is 5.18. The number of hydrogen-bond acceptors (Lipinski definition) is 3. The van der Waals surface area contributed by atoms with Crippen LogP contribution < -0.4 is 4.74 Å². The lowest BCUT2D eigenvalue weighted by Gasteiger charge is -2.06. The van der Waals surface area contributed by atoms with Gasteiger partial charge >= 0.3 is 0 Å². The summed E-state index contributed by atoms with van der Waals surface area (Å²) in [6.45, 7) is 1.80.